The minimum atomic E-state index is -0.253. The normalized spacial score (nSPS) is 10.3. The Morgan fingerprint density at radius 2 is 1.83 bits per heavy atom. The van der Waals surface area contributed by atoms with Crippen LogP contribution in [0, 0.1) is 5.82 Å². The Hall–Kier alpha value is -2.56. The van der Waals surface area contributed by atoms with Crippen LogP contribution in [-0.2, 0) is 17.6 Å². The first-order chi connectivity index (χ1) is 11.1. The van der Waals surface area contributed by atoms with Crippen molar-refractivity contribution in [3.8, 4) is 5.75 Å². The number of ether oxygens (including phenoxy) is 1. The summed E-state index contributed by atoms with van der Waals surface area (Å²) >= 11 is 0. The minimum Gasteiger partial charge on any atom is -0.495 e. The largest absolute Gasteiger partial charge is 0.495 e. The minimum absolute atomic E-state index is 0.0125. The first-order valence-electron chi connectivity index (χ1n) is 7.52. The van der Waals surface area contributed by atoms with Crippen molar-refractivity contribution < 1.29 is 13.9 Å². The van der Waals surface area contributed by atoms with Crippen molar-refractivity contribution in [1.82, 2.24) is 5.32 Å². The molecular weight excluding hydrogens is 295 g/mol. The maximum absolute atomic E-state index is 12.8. The van der Waals surface area contributed by atoms with Crippen LogP contribution in [0.5, 0.6) is 5.75 Å². The van der Waals surface area contributed by atoms with E-state index >= 15 is 0 Å². The van der Waals surface area contributed by atoms with Gasteiger partial charge in [-0.25, -0.2) is 4.39 Å². The molecule has 0 radical (unpaired) electrons. The summed E-state index contributed by atoms with van der Waals surface area (Å²) in [5, 5.41) is 2.86. The lowest BCUT2D eigenvalue weighted by Crippen LogP contribution is -2.25. The molecule has 0 saturated carbocycles. The highest BCUT2D eigenvalue weighted by molar-refractivity contribution is 5.76. The maximum atomic E-state index is 12.8. The molecule has 0 aliphatic heterocycles. The van der Waals surface area contributed by atoms with Crippen molar-refractivity contribution in [1.29, 1.82) is 0 Å². The molecule has 5 heteroatoms. The number of amides is 1. The summed E-state index contributed by atoms with van der Waals surface area (Å²) < 4.78 is 17.9. The summed E-state index contributed by atoms with van der Waals surface area (Å²) in [7, 11) is 1.57. The highest BCUT2D eigenvalue weighted by atomic mass is 19.1. The van der Waals surface area contributed by atoms with Crippen LogP contribution in [0.3, 0.4) is 0 Å². The zero-order valence-electron chi connectivity index (χ0n) is 13.1. The molecule has 0 saturated heterocycles. The summed E-state index contributed by atoms with van der Waals surface area (Å²) in [6, 6.07) is 11.8. The summed E-state index contributed by atoms with van der Waals surface area (Å²) in [4.78, 5) is 11.8. The monoisotopic (exact) mass is 316 g/mol. The number of carbonyl (C=O) groups excluding carboxylic acids is 1. The van der Waals surface area contributed by atoms with Gasteiger partial charge in [-0.2, -0.15) is 0 Å². The number of nitrogens with one attached hydrogen (secondary N) is 1. The van der Waals surface area contributed by atoms with E-state index in [1.165, 1.54) is 12.1 Å². The van der Waals surface area contributed by atoms with Crippen LogP contribution in [0.2, 0.25) is 0 Å². The first-order valence-corrected chi connectivity index (χ1v) is 7.52. The average molecular weight is 316 g/mol. The van der Waals surface area contributed by atoms with E-state index in [9.17, 15) is 9.18 Å². The molecule has 4 nitrogen and oxygen atoms in total. The van der Waals surface area contributed by atoms with Gasteiger partial charge in [0, 0.05) is 13.0 Å². The molecule has 2 aromatic rings. The Morgan fingerprint density at radius 1 is 1.13 bits per heavy atom. The van der Waals surface area contributed by atoms with Crippen LogP contribution in [0.15, 0.2) is 42.5 Å². The lowest BCUT2D eigenvalue weighted by Gasteiger charge is -2.08. The average Bonchev–Trinajstić information content (AvgIpc) is 2.55. The smallest absolute Gasteiger partial charge is 0.220 e. The Balaban J connectivity index is 1.72. The third-order valence-corrected chi connectivity index (χ3v) is 3.58. The number of hydrogen-bond acceptors (Lipinski definition) is 3. The summed E-state index contributed by atoms with van der Waals surface area (Å²) in [5.41, 5.74) is 8.40. The van der Waals surface area contributed by atoms with Gasteiger partial charge in [-0.05, 0) is 48.2 Å². The zero-order valence-corrected chi connectivity index (χ0v) is 13.1. The molecule has 122 valence electrons. The Bertz CT molecular complexity index is 657. The van der Waals surface area contributed by atoms with Gasteiger partial charge in [0.05, 0.1) is 12.8 Å². The van der Waals surface area contributed by atoms with Gasteiger partial charge in [-0.3, -0.25) is 4.79 Å². The number of methoxy groups -OCH3 is 1. The van der Waals surface area contributed by atoms with Gasteiger partial charge in [-0.15, -0.1) is 0 Å². The van der Waals surface area contributed by atoms with Crippen molar-refractivity contribution in [2.75, 3.05) is 19.4 Å². The second kappa shape index (κ2) is 8.17. The van der Waals surface area contributed by atoms with Crippen molar-refractivity contribution in [2.45, 2.75) is 19.3 Å². The third-order valence-electron chi connectivity index (χ3n) is 3.58. The molecule has 2 rings (SSSR count). The molecule has 23 heavy (non-hydrogen) atoms. The van der Waals surface area contributed by atoms with E-state index < -0.39 is 0 Å². The second-order valence-corrected chi connectivity index (χ2v) is 5.30. The molecule has 3 N–H and O–H groups in total. The number of benzene rings is 2. The molecule has 0 fully saturated rings. The molecule has 0 aliphatic rings. The highest BCUT2D eigenvalue weighted by Gasteiger charge is 2.05. The van der Waals surface area contributed by atoms with Crippen molar-refractivity contribution in [3.05, 3.63) is 59.4 Å². The Morgan fingerprint density at radius 3 is 2.48 bits per heavy atom. The summed E-state index contributed by atoms with van der Waals surface area (Å²) in [6.07, 6.45) is 1.70. The molecule has 2 aromatic carbocycles. The SMILES string of the molecule is COc1ccc(CCC(=O)NCCc2ccc(F)cc2)cc1N. The van der Waals surface area contributed by atoms with Gasteiger partial charge in [0.25, 0.3) is 0 Å². The predicted octanol–water partition coefficient (Wildman–Crippen LogP) is 2.71. The van der Waals surface area contributed by atoms with Crippen LogP contribution in [0.4, 0.5) is 10.1 Å². The molecule has 0 bridgehead atoms. The van der Waals surface area contributed by atoms with Crippen LogP contribution in [0.25, 0.3) is 0 Å². The van der Waals surface area contributed by atoms with Gasteiger partial charge in [0.2, 0.25) is 5.91 Å². The fourth-order valence-electron chi connectivity index (χ4n) is 2.28. The zero-order chi connectivity index (χ0) is 16.7. The van der Waals surface area contributed by atoms with E-state index in [0.717, 1.165) is 11.1 Å². The van der Waals surface area contributed by atoms with Gasteiger partial charge < -0.3 is 15.8 Å². The van der Waals surface area contributed by atoms with Crippen LogP contribution in [-0.4, -0.2) is 19.6 Å². The van der Waals surface area contributed by atoms with E-state index in [4.69, 9.17) is 10.5 Å². The van der Waals surface area contributed by atoms with Crippen LogP contribution < -0.4 is 15.8 Å². The van der Waals surface area contributed by atoms with Crippen LogP contribution in [0.1, 0.15) is 17.5 Å². The van der Waals surface area contributed by atoms with Crippen LogP contribution >= 0.6 is 0 Å². The Labute approximate surface area is 135 Å². The topological polar surface area (TPSA) is 64.3 Å². The van der Waals surface area contributed by atoms with Gasteiger partial charge in [-0.1, -0.05) is 18.2 Å². The van der Waals surface area contributed by atoms with Gasteiger partial charge >= 0.3 is 0 Å². The summed E-state index contributed by atoms with van der Waals surface area (Å²) in [6.45, 7) is 0.537. The van der Waals surface area contributed by atoms with E-state index in [1.54, 1.807) is 25.3 Å². The number of rotatable bonds is 7. The quantitative estimate of drug-likeness (QED) is 0.772. The van der Waals surface area contributed by atoms with Crippen molar-refractivity contribution in [2.24, 2.45) is 0 Å². The Kier molecular flexibility index (Phi) is 5.97. The molecule has 0 spiro atoms. The van der Waals surface area contributed by atoms with Gasteiger partial charge in [0.15, 0.2) is 0 Å². The van der Waals surface area contributed by atoms with Crippen molar-refractivity contribution >= 4 is 11.6 Å². The lowest BCUT2D eigenvalue weighted by atomic mass is 10.1. The number of halogens is 1. The molecule has 1 amide bonds. The molecule has 0 aliphatic carbocycles. The summed E-state index contributed by atoms with van der Waals surface area (Å²) in [5.74, 6) is 0.371. The van der Waals surface area contributed by atoms with E-state index in [-0.39, 0.29) is 11.7 Å². The number of aryl methyl sites for hydroxylation is 1. The molecule has 0 aromatic heterocycles. The molecular formula is C18H21FN2O2. The fourth-order valence-corrected chi connectivity index (χ4v) is 2.28. The highest BCUT2D eigenvalue weighted by Crippen LogP contribution is 2.22. The lowest BCUT2D eigenvalue weighted by molar-refractivity contribution is -0.121. The van der Waals surface area contributed by atoms with Gasteiger partial charge in [0.1, 0.15) is 11.6 Å². The fraction of sp³-hybridized carbons (Fsp3) is 0.278. The standard InChI is InChI=1S/C18H21FN2O2/c1-23-17-8-4-14(12-16(17)20)5-9-18(22)21-11-10-13-2-6-15(19)7-3-13/h2-4,6-8,12H,5,9-11,20H2,1H3,(H,21,22). The third kappa shape index (κ3) is 5.29. The van der Waals surface area contributed by atoms with E-state index in [1.807, 2.05) is 12.1 Å². The predicted molar refractivity (Wildman–Crippen MR) is 88.8 cm³/mol. The maximum Gasteiger partial charge on any atom is 0.220 e. The molecule has 0 atom stereocenters. The number of nitrogens with two attached hydrogens (primary N) is 1. The number of carbonyl (C=O) groups is 1. The number of nitrogen functional groups attached to an aromatic ring is 1. The van der Waals surface area contributed by atoms with E-state index in [2.05, 4.69) is 5.32 Å². The second-order valence-electron chi connectivity index (χ2n) is 5.30. The molecule has 0 heterocycles. The first kappa shape index (κ1) is 16.8. The number of hydrogen-bond donors (Lipinski definition) is 2. The number of anilines is 1. The molecule has 0 unspecified atom stereocenters. The van der Waals surface area contributed by atoms with Crippen molar-refractivity contribution in [3.63, 3.8) is 0 Å². The van der Waals surface area contributed by atoms with E-state index in [0.29, 0.717) is 37.2 Å².